The van der Waals surface area contributed by atoms with Crippen LogP contribution in [-0.2, 0) is 15.4 Å². The highest BCUT2D eigenvalue weighted by Gasteiger charge is 2.41. The Kier molecular flexibility index (Phi) is 2.31. The maximum atomic E-state index is 11.5. The molecule has 1 aliphatic heterocycles. The lowest BCUT2D eigenvalue weighted by Gasteiger charge is -2.24. The molecule has 6 heteroatoms. The molecule has 90 valence electrons. The first kappa shape index (κ1) is 11.4. The molecule has 1 fully saturated rings. The third kappa shape index (κ3) is 1.61. The van der Waals surface area contributed by atoms with Gasteiger partial charge in [-0.2, -0.15) is 5.10 Å². The molecule has 0 aliphatic carbocycles. The van der Waals surface area contributed by atoms with Crippen LogP contribution in [0.5, 0.6) is 5.75 Å². The van der Waals surface area contributed by atoms with Crippen LogP contribution >= 0.6 is 0 Å². The molecule has 0 amide bonds. The van der Waals surface area contributed by atoms with Crippen LogP contribution in [-0.4, -0.2) is 34.8 Å². The van der Waals surface area contributed by atoms with Crippen LogP contribution in [0.4, 0.5) is 0 Å². The van der Waals surface area contributed by atoms with Crippen LogP contribution in [0.25, 0.3) is 0 Å². The van der Waals surface area contributed by atoms with E-state index in [2.05, 4.69) is 5.10 Å². The Hall–Kier alpha value is -1.04. The van der Waals surface area contributed by atoms with Crippen molar-refractivity contribution in [3.05, 3.63) is 11.4 Å². The summed E-state index contributed by atoms with van der Waals surface area (Å²) >= 11 is 0. The van der Waals surface area contributed by atoms with Gasteiger partial charge in [-0.15, -0.1) is 0 Å². The first-order chi connectivity index (χ1) is 7.25. The van der Waals surface area contributed by atoms with Gasteiger partial charge in [0.1, 0.15) is 5.69 Å². The topological polar surface area (TPSA) is 72.2 Å². The lowest BCUT2D eigenvalue weighted by Crippen LogP contribution is -2.33. The molecule has 16 heavy (non-hydrogen) atoms. The van der Waals surface area contributed by atoms with Gasteiger partial charge in [0.05, 0.1) is 22.7 Å². The highest BCUT2D eigenvalue weighted by Crippen LogP contribution is 2.34. The first-order valence-electron chi connectivity index (χ1n) is 5.21. The van der Waals surface area contributed by atoms with E-state index in [1.165, 1.54) is 0 Å². The van der Waals surface area contributed by atoms with Crippen molar-refractivity contribution in [2.75, 3.05) is 11.5 Å². The number of hydrogen-bond donors (Lipinski definition) is 1. The van der Waals surface area contributed by atoms with Crippen LogP contribution in [0.3, 0.4) is 0 Å². The fraction of sp³-hybridized carbons (Fsp3) is 0.700. The molecule has 5 nitrogen and oxygen atoms in total. The van der Waals surface area contributed by atoms with Gasteiger partial charge in [0.25, 0.3) is 0 Å². The van der Waals surface area contributed by atoms with E-state index in [1.54, 1.807) is 18.5 Å². The number of nitrogens with zero attached hydrogens (tertiary/aromatic N) is 2. The van der Waals surface area contributed by atoms with Crippen molar-refractivity contribution in [3.8, 4) is 5.75 Å². The zero-order valence-corrected chi connectivity index (χ0v) is 10.5. The van der Waals surface area contributed by atoms with E-state index in [1.807, 2.05) is 6.92 Å². The molecule has 2 rings (SSSR count). The SMILES string of the molecule is Cc1nn(C2(C)CCS(=O)(=O)C2)c(C)c1O. The van der Waals surface area contributed by atoms with E-state index in [0.29, 0.717) is 17.8 Å². The molecule has 0 spiro atoms. The highest BCUT2D eigenvalue weighted by molar-refractivity contribution is 7.91. The molecule has 1 aromatic rings. The maximum Gasteiger partial charge on any atom is 0.159 e. The second-order valence-corrected chi connectivity index (χ2v) is 6.95. The van der Waals surface area contributed by atoms with Gasteiger partial charge in [-0.3, -0.25) is 4.68 Å². The summed E-state index contributed by atoms with van der Waals surface area (Å²) < 4.78 is 24.7. The summed E-state index contributed by atoms with van der Waals surface area (Å²) in [6, 6.07) is 0. The molecule has 0 saturated carbocycles. The van der Waals surface area contributed by atoms with Gasteiger partial charge < -0.3 is 5.11 Å². The minimum Gasteiger partial charge on any atom is -0.504 e. The van der Waals surface area contributed by atoms with Crippen molar-refractivity contribution in [2.24, 2.45) is 0 Å². The van der Waals surface area contributed by atoms with E-state index in [9.17, 15) is 13.5 Å². The Balaban J connectivity index is 2.49. The van der Waals surface area contributed by atoms with Crippen LogP contribution in [0, 0.1) is 13.8 Å². The highest BCUT2D eigenvalue weighted by atomic mass is 32.2. The van der Waals surface area contributed by atoms with Crippen molar-refractivity contribution in [1.29, 1.82) is 0 Å². The Bertz CT molecular complexity index is 533. The number of sulfone groups is 1. The summed E-state index contributed by atoms with van der Waals surface area (Å²) in [6.45, 7) is 5.34. The quantitative estimate of drug-likeness (QED) is 0.791. The molecule has 1 N–H and O–H groups in total. The van der Waals surface area contributed by atoms with Crippen LogP contribution in [0.1, 0.15) is 24.7 Å². The van der Waals surface area contributed by atoms with E-state index < -0.39 is 15.4 Å². The first-order valence-corrected chi connectivity index (χ1v) is 7.03. The summed E-state index contributed by atoms with van der Waals surface area (Å²) in [5.41, 5.74) is 0.661. The fourth-order valence-corrected chi connectivity index (χ4v) is 4.43. The number of rotatable bonds is 1. The molecule has 0 radical (unpaired) electrons. The van der Waals surface area contributed by atoms with Crippen LogP contribution in [0.2, 0.25) is 0 Å². The molecule has 0 bridgehead atoms. The number of aromatic nitrogens is 2. The summed E-state index contributed by atoms with van der Waals surface area (Å²) in [4.78, 5) is 0. The van der Waals surface area contributed by atoms with Gasteiger partial charge in [-0.05, 0) is 27.2 Å². The van der Waals surface area contributed by atoms with E-state index in [-0.39, 0.29) is 17.3 Å². The second kappa shape index (κ2) is 3.23. The maximum absolute atomic E-state index is 11.5. The van der Waals surface area contributed by atoms with Gasteiger partial charge in [0.15, 0.2) is 15.6 Å². The summed E-state index contributed by atoms with van der Waals surface area (Å²) in [6.07, 6.45) is 0.552. The molecule has 1 atom stereocenters. The Morgan fingerprint density at radius 2 is 2.06 bits per heavy atom. The van der Waals surface area contributed by atoms with Gasteiger partial charge in [0.2, 0.25) is 0 Å². The number of hydrogen-bond acceptors (Lipinski definition) is 4. The fourth-order valence-electron chi connectivity index (χ4n) is 2.32. The summed E-state index contributed by atoms with van der Waals surface area (Å²) in [7, 11) is -2.96. The number of aromatic hydroxyl groups is 1. The minimum absolute atomic E-state index is 0.0986. The average Bonchev–Trinajstić information content (AvgIpc) is 2.59. The predicted molar refractivity (Wildman–Crippen MR) is 60.3 cm³/mol. The molecule has 0 aromatic carbocycles. The monoisotopic (exact) mass is 244 g/mol. The van der Waals surface area contributed by atoms with Crippen LogP contribution in [0.15, 0.2) is 0 Å². The molecule has 1 aromatic heterocycles. The lowest BCUT2D eigenvalue weighted by molar-refractivity contribution is 0.318. The Labute approximate surface area is 95.0 Å². The Morgan fingerprint density at radius 3 is 2.44 bits per heavy atom. The minimum atomic E-state index is -2.96. The zero-order chi connectivity index (χ0) is 12.1. The zero-order valence-electron chi connectivity index (χ0n) is 9.69. The summed E-state index contributed by atoms with van der Waals surface area (Å²) in [5, 5.41) is 13.9. The van der Waals surface area contributed by atoms with Gasteiger partial charge in [-0.25, -0.2) is 8.42 Å². The van der Waals surface area contributed by atoms with E-state index in [4.69, 9.17) is 0 Å². The van der Waals surface area contributed by atoms with Crippen LogP contribution < -0.4 is 0 Å². The standard InChI is InChI=1S/C10H16N2O3S/c1-7-9(13)8(2)12(11-7)10(3)4-5-16(14,15)6-10/h13H,4-6H2,1-3H3. The van der Waals surface area contributed by atoms with Crippen molar-refractivity contribution in [2.45, 2.75) is 32.7 Å². The van der Waals surface area contributed by atoms with E-state index >= 15 is 0 Å². The Morgan fingerprint density at radius 1 is 1.44 bits per heavy atom. The van der Waals surface area contributed by atoms with Gasteiger partial charge in [-0.1, -0.05) is 0 Å². The molecule has 1 unspecified atom stereocenters. The largest absolute Gasteiger partial charge is 0.504 e. The summed E-state index contributed by atoms with van der Waals surface area (Å²) in [5.74, 6) is 0.454. The molecular formula is C10H16N2O3S. The van der Waals surface area contributed by atoms with E-state index in [0.717, 1.165) is 0 Å². The second-order valence-electron chi connectivity index (χ2n) is 4.77. The molecule has 1 saturated heterocycles. The lowest BCUT2D eigenvalue weighted by atomic mass is 10.0. The molecule has 2 heterocycles. The predicted octanol–water partition coefficient (Wildman–Crippen LogP) is 0.739. The van der Waals surface area contributed by atoms with Gasteiger partial charge >= 0.3 is 0 Å². The average molecular weight is 244 g/mol. The third-order valence-electron chi connectivity index (χ3n) is 3.25. The van der Waals surface area contributed by atoms with Gasteiger partial charge in [0, 0.05) is 0 Å². The molecule has 1 aliphatic rings. The molecular weight excluding hydrogens is 228 g/mol. The third-order valence-corrected chi connectivity index (χ3v) is 5.13. The van der Waals surface area contributed by atoms with Crippen molar-refractivity contribution < 1.29 is 13.5 Å². The normalized spacial score (nSPS) is 28.4. The van der Waals surface area contributed by atoms with Crippen molar-refractivity contribution in [1.82, 2.24) is 9.78 Å². The van der Waals surface area contributed by atoms with Crippen molar-refractivity contribution in [3.63, 3.8) is 0 Å². The van der Waals surface area contributed by atoms with Crippen molar-refractivity contribution >= 4 is 9.84 Å². The smallest absolute Gasteiger partial charge is 0.159 e. The number of aryl methyl sites for hydroxylation is 1.